The van der Waals surface area contributed by atoms with Crippen molar-refractivity contribution in [1.82, 2.24) is 5.32 Å². The third-order valence-electron chi connectivity index (χ3n) is 4.67. The molecule has 0 atom stereocenters. The predicted molar refractivity (Wildman–Crippen MR) is 90.2 cm³/mol. The molecule has 1 saturated carbocycles. The Morgan fingerprint density at radius 1 is 1.05 bits per heavy atom. The van der Waals surface area contributed by atoms with Crippen molar-refractivity contribution >= 4 is 5.91 Å². The number of amides is 1. The van der Waals surface area contributed by atoms with E-state index < -0.39 is 0 Å². The maximum Gasteiger partial charge on any atom is 0.251 e. The van der Waals surface area contributed by atoms with Gasteiger partial charge in [0.05, 0.1) is 0 Å². The molecule has 1 amide bonds. The zero-order valence-electron chi connectivity index (χ0n) is 13.3. The van der Waals surface area contributed by atoms with Crippen molar-refractivity contribution in [3.63, 3.8) is 0 Å². The van der Waals surface area contributed by atoms with E-state index in [1.165, 1.54) is 11.1 Å². The lowest BCUT2D eigenvalue weighted by atomic mass is 9.96. The van der Waals surface area contributed by atoms with Crippen LogP contribution in [0.4, 0.5) is 0 Å². The summed E-state index contributed by atoms with van der Waals surface area (Å²) >= 11 is 0. The number of carbonyl (C=O) groups excluding carboxylic acids is 1. The molecule has 22 heavy (non-hydrogen) atoms. The molecule has 2 aromatic rings. The lowest BCUT2D eigenvalue weighted by molar-refractivity contribution is 0.0949. The van der Waals surface area contributed by atoms with Gasteiger partial charge in [0.15, 0.2) is 0 Å². The van der Waals surface area contributed by atoms with E-state index in [4.69, 9.17) is 0 Å². The van der Waals surface area contributed by atoms with Gasteiger partial charge in [-0.3, -0.25) is 4.79 Å². The van der Waals surface area contributed by atoms with Crippen molar-refractivity contribution < 1.29 is 4.79 Å². The van der Waals surface area contributed by atoms with Crippen molar-refractivity contribution in [1.29, 1.82) is 0 Å². The Labute approximate surface area is 132 Å². The molecule has 0 aliphatic heterocycles. The van der Waals surface area contributed by atoms with Crippen molar-refractivity contribution in [2.24, 2.45) is 0 Å². The van der Waals surface area contributed by atoms with Gasteiger partial charge in [-0.1, -0.05) is 56.3 Å². The van der Waals surface area contributed by atoms with E-state index in [0.29, 0.717) is 5.92 Å². The minimum Gasteiger partial charge on any atom is -0.351 e. The van der Waals surface area contributed by atoms with E-state index in [1.807, 2.05) is 30.3 Å². The highest BCUT2D eigenvalue weighted by Crippen LogP contribution is 2.47. The first kappa shape index (κ1) is 14.8. The zero-order chi connectivity index (χ0) is 15.6. The fourth-order valence-electron chi connectivity index (χ4n) is 2.88. The monoisotopic (exact) mass is 293 g/mol. The molecule has 0 aromatic heterocycles. The van der Waals surface area contributed by atoms with Crippen LogP contribution in [0.1, 0.15) is 54.1 Å². The Morgan fingerprint density at radius 3 is 2.23 bits per heavy atom. The Morgan fingerprint density at radius 2 is 1.68 bits per heavy atom. The summed E-state index contributed by atoms with van der Waals surface area (Å²) in [6.45, 7) is 5.04. The van der Waals surface area contributed by atoms with Gasteiger partial charge in [-0.05, 0) is 42.0 Å². The number of benzene rings is 2. The second-order valence-corrected chi connectivity index (χ2v) is 6.61. The highest BCUT2D eigenvalue weighted by molar-refractivity contribution is 5.94. The fourth-order valence-corrected chi connectivity index (χ4v) is 2.88. The Bertz CT molecular complexity index is 639. The molecule has 0 radical (unpaired) electrons. The molecule has 3 rings (SSSR count). The van der Waals surface area contributed by atoms with Crippen LogP contribution < -0.4 is 5.32 Å². The molecule has 1 aliphatic carbocycles. The van der Waals surface area contributed by atoms with Crippen LogP contribution in [0.5, 0.6) is 0 Å². The topological polar surface area (TPSA) is 29.1 Å². The Hall–Kier alpha value is -2.09. The van der Waals surface area contributed by atoms with Gasteiger partial charge in [-0.25, -0.2) is 0 Å². The van der Waals surface area contributed by atoms with Crippen LogP contribution in [0.25, 0.3) is 0 Å². The van der Waals surface area contributed by atoms with Gasteiger partial charge in [0.1, 0.15) is 0 Å². The Kier molecular flexibility index (Phi) is 4.02. The van der Waals surface area contributed by atoms with E-state index >= 15 is 0 Å². The lowest BCUT2D eigenvalue weighted by Crippen LogP contribution is -2.32. The van der Waals surface area contributed by atoms with E-state index in [-0.39, 0.29) is 11.3 Å². The summed E-state index contributed by atoms with van der Waals surface area (Å²) < 4.78 is 0. The van der Waals surface area contributed by atoms with Gasteiger partial charge in [0.2, 0.25) is 0 Å². The molecular weight excluding hydrogens is 270 g/mol. The minimum atomic E-state index is 0.0255. The summed E-state index contributed by atoms with van der Waals surface area (Å²) in [5.74, 6) is 0.516. The number of carbonyl (C=O) groups is 1. The minimum absolute atomic E-state index is 0.0255. The molecule has 2 aromatic carbocycles. The number of hydrogen-bond acceptors (Lipinski definition) is 1. The van der Waals surface area contributed by atoms with Crippen LogP contribution >= 0.6 is 0 Å². The summed E-state index contributed by atoms with van der Waals surface area (Å²) in [5.41, 5.74) is 3.51. The van der Waals surface area contributed by atoms with Gasteiger partial charge in [0.25, 0.3) is 5.91 Å². The highest BCUT2D eigenvalue weighted by Gasteiger charge is 2.44. The lowest BCUT2D eigenvalue weighted by Gasteiger charge is -2.16. The molecule has 114 valence electrons. The summed E-state index contributed by atoms with van der Waals surface area (Å²) in [7, 11) is 0. The zero-order valence-corrected chi connectivity index (χ0v) is 13.3. The van der Waals surface area contributed by atoms with E-state index in [2.05, 4.69) is 43.4 Å². The molecule has 1 fully saturated rings. The number of nitrogens with one attached hydrogen (secondary N) is 1. The smallest absolute Gasteiger partial charge is 0.251 e. The largest absolute Gasteiger partial charge is 0.351 e. The maximum atomic E-state index is 12.3. The van der Waals surface area contributed by atoms with Gasteiger partial charge < -0.3 is 5.32 Å². The van der Waals surface area contributed by atoms with Gasteiger partial charge in [-0.15, -0.1) is 0 Å². The van der Waals surface area contributed by atoms with E-state index in [0.717, 1.165) is 24.9 Å². The first-order valence-corrected chi connectivity index (χ1v) is 8.04. The van der Waals surface area contributed by atoms with Crippen molar-refractivity contribution in [3.8, 4) is 0 Å². The third kappa shape index (κ3) is 3.06. The van der Waals surface area contributed by atoms with E-state index in [1.54, 1.807) is 0 Å². The van der Waals surface area contributed by atoms with Crippen molar-refractivity contribution in [3.05, 3.63) is 71.3 Å². The molecule has 0 heterocycles. The quantitative estimate of drug-likeness (QED) is 0.876. The van der Waals surface area contributed by atoms with Crippen LogP contribution in [-0.2, 0) is 5.41 Å². The number of hydrogen-bond donors (Lipinski definition) is 1. The van der Waals surface area contributed by atoms with Gasteiger partial charge in [-0.2, -0.15) is 0 Å². The molecule has 2 nitrogen and oxygen atoms in total. The molecule has 1 aliphatic rings. The normalized spacial score (nSPS) is 15.6. The van der Waals surface area contributed by atoms with Crippen LogP contribution in [0, 0.1) is 0 Å². The molecule has 2 heteroatoms. The predicted octanol–water partition coefficient (Wildman–Crippen LogP) is 4.27. The number of rotatable bonds is 5. The second-order valence-electron chi connectivity index (χ2n) is 6.61. The summed E-state index contributed by atoms with van der Waals surface area (Å²) in [6.07, 6.45) is 2.31. The van der Waals surface area contributed by atoms with E-state index in [9.17, 15) is 4.79 Å². The SMILES string of the molecule is CC(C)c1ccc(C(=O)NCC2(c3ccccc3)CC2)cc1. The molecule has 1 N–H and O–H groups in total. The summed E-state index contributed by atoms with van der Waals surface area (Å²) in [4.78, 5) is 12.3. The van der Waals surface area contributed by atoms with Crippen LogP contribution in [0.2, 0.25) is 0 Å². The highest BCUT2D eigenvalue weighted by atomic mass is 16.1. The van der Waals surface area contributed by atoms with Gasteiger partial charge >= 0.3 is 0 Å². The summed E-state index contributed by atoms with van der Waals surface area (Å²) in [5, 5.41) is 3.11. The standard InChI is InChI=1S/C20H23NO/c1-15(2)16-8-10-17(11-9-16)19(22)21-14-20(12-13-20)18-6-4-3-5-7-18/h3-11,15H,12-14H2,1-2H3,(H,21,22). The molecule has 0 spiro atoms. The first-order chi connectivity index (χ1) is 10.6. The second kappa shape index (κ2) is 5.96. The Balaban J connectivity index is 1.63. The van der Waals surface area contributed by atoms with Crippen molar-refractivity contribution in [2.45, 2.75) is 38.0 Å². The van der Waals surface area contributed by atoms with Gasteiger partial charge in [0, 0.05) is 17.5 Å². The molecular formula is C20H23NO. The molecule has 0 unspecified atom stereocenters. The fraction of sp³-hybridized carbons (Fsp3) is 0.350. The average molecular weight is 293 g/mol. The maximum absolute atomic E-state index is 12.3. The van der Waals surface area contributed by atoms with Crippen LogP contribution in [0.15, 0.2) is 54.6 Å². The molecule has 0 saturated heterocycles. The average Bonchev–Trinajstić information content (AvgIpc) is 3.35. The van der Waals surface area contributed by atoms with Crippen molar-refractivity contribution in [2.75, 3.05) is 6.54 Å². The molecule has 0 bridgehead atoms. The third-order valence-corrected chi connectivity index (χ3v) is 4.67. The van der Waals surface area contributed by atoms with Crippen LogP contribution in [0.3, 0.4) is 0 Å². The van der Waals surface area contributed by atoms with Crippen LogP contribution in [-0.4, -0.2) is 12.5 Å². The first-order valence-electron chi connectivity index (χ1n) is 8.04. The summed E-state index contributed by atoms with van der Waals surface area (Å²) in [6, 6.07) is 18.4.